The molecule has 24 heavy (non-hydrogen) atoms. The highest BCUT2D eigenvalue weighted by Crippen LogP contribution is 2.15. The summed E-state index contributed by atoms with van der Waals surface area (Å²) in [6, 6.07) is 7.03. The van der Waals surface area contributed by atoms with Crippen LogP contribution in [0.15, 0.2) is 48.1 Å². The van der Waals surface area contributed by atoms with E-state index in [0.29, 0.717) is 17.8 Å². The molecular weight excluding hydrogens is 302 g/mol. The van der Waals surface area contributed by atoms with Crippen LogP contribution in [0.4, 0.5) is 5.69 Å². The monoisotopic (exact) mass is 327 g/mol. The smallest absolute Gasteiger partial charge is 0.253 e. The molecule has 128 valence electrons. The van der Waals surface area contributed by atoms with Crippen LogP contribution in [0.3, 0.4) is 0 Å². The third-order valence-electron chi connectivity index (χ3n) is 3.86. The highest BCUT2D eigenvalue weighted by molar-refractivity contribution is 6.03. The van der Waals surface area contributed by atoms with Crippen LogP contribution in [0.2, 0.25) is 0 Å². The molecule has 0 unspecified atom stereocenters. The number of nitrogens with zero attached hydrogens (tertiary/aromatic N) is 1. The fourth-order valence-corrected chi connectivity index (χ4v) is 2.69. The van der Waals surface area contributed by atoms with Crippen LogP contribution in [0.1, 0.15) is 30.6 Å². The summed E-state index contributed by atoms with van der Waals surface area (Å²) in [6.07, 6.45) is 7.40. The number of hydrogen-bond donors (Lipinski definition) is 2. The lowest BCUT2D eigenvalue weighted by Gasteiger charge is -2.26. The van der Waals surface area contributed by atoms with Gasteiger partial charge in [-0.15, -0.1) is 0 Å². The molecule has 1 aromatic rings. The molecule has 0 bridgehead atoms. The minimum atomic E-state index is -0.190. The number of nitrogens with one attached hydrogen (secondary N) is 2. The zero-order valence-corrected chi connectivity index (χ0v) is 14.3. The van der Waals surface area contributed by atoms with Crippen molar-refractivity contribution in [3.05, 3.63) is 53.6 Å². The van der Waals surface area contributed by atoms with Gasteiger partial charge in [-0.25, -0.2) is 0 Å². The Balaban J connectivity index is 1.94. The number of hydrogen-bond acceptors (Lipinski definition) is 3. The molecule has 0 saturated carbocycles. The molecule has 0 aromatic heterocycles. The van der Waals surface area contributed by atoms with Crippen molar-refractivity contribution in [3.8, 4) is 0 Å². The molecule has 0 saturated heterocycles. The Morgan fingerprint density at radius 3 is 2.83 bits per heavy atom. The Morgan fingerprint density at radius 1 is 1.29 bits per heavy atom. The second kappa shape index (κ2) is 9.03. The van der Waals surface area contributed by atoms with Gasteiger partial charge >= 0.3 is 0 Å². The lowest BCUT2D eigenvalue weighted by atomic mass is 10.1. The number of rotatable bonds is 6. The Bertz CT molecular complexity index is 650. The predicted molar refractivity (Wildman–Crippen MR) is 97.0 cm³/mol. The summed E-state index contributed by atoms with van der Waals surface area (Å²) in [4.78, 5) is 26.0. The van der Waals surface area contributed by atoms with E-state index < -0.39 is 0 Å². The van der Waals surface area contributed by atoms with Gasteiger partial charge in [0, 0.05) is 33.1 Å². The molecule has 0 aliphatic carbocycles. The predicted octanol–water partition coefficient (Wildman–Crippen LogP) is 2.58. The first kappa shape index (κ1) is 17.9. The van der Waals surface area contributed by atoms with E-state index in [0.717, 1.165) is 26.1 Å². The fraction of sp³-hybridized carbons (Fsp3) is 0.368. The number of allylic oxidation sites excluding steroid dienone is 1. The molecule has 1 aromatic carbocycles. The van der Waals surface area contributed by atoms with E-state index in [1.54, 1.807) is 24.3 Å². The third-order valence-corrected chi connectivity index (χ3v) is 3.86. The number of carbonyl (C=O) groups is 2. The molecule has 0 atom stereocenters. The van der Waals surface area contributed by atoms with Crippen LogP contribution in [-0.2, 0) is 4.79 Å². The average Bonchev–Trinajstić information content (AvgIpc) is 2.58. The SMILES string of the molecule is CC=CCN1CCC=C(CNC(=O)c2ccccc2NC(C)=O)C1. The molecule has 1 heterocycles. The maximum Gasteiger partial charge on any atom is 0.253 e. The number of benzene rings is 1. The van der Waals surface area contributed by atoms with Crippen molar-refractivity contribution in [2.45, 2.75) is 20.3 Å². The van der Waals surface area contributed by atoms with E-state index in [1.807, 2.05) is 6.92 Å². The maximum absolute atomic E-state index is 12.4. The lowest BCUT2D eigenvalue weighted by Crippen LogP contribution is -2.35. The Kier molecular flexibility index (Phi) is 6.75. The van der Waals surface area contributed by atoms with Gasteiger partial charge in [-0.1, -0.05) is 30.4 Å². The second-order valence-corrected chi connectivity index (χ2v) is 5.86. The molecule has 0 radical (unpaired) electrons. The molecule has 0 spiro atoms. The summed E-state index contributed by atoms with van der Waals surface area (Å²) in [5, 5.41) is 5.65. The molecular formula is C19H25N3O2. The van der Waals surface area contributed by atoms with Crippen LogP contribution in [0, 0.1) is 0 Å². The van der Waals surface area contributed by atoms with Gasteiger partial charge in [-0.05, 0) is 31.1 Å². The first-order valence-corrected chi connectivity index (χ1v) is 8.26. The molecule has 5 heteroatoms. The molecule has 2 amide bonds. The minimum Gasteiger partial charge on any atom is -0.348 e. The van der Waals surface area contributed by atoms with Crippen LogP contribution in [0.5, 0.6) is 0 Å². The van der Waals surface area contributed by atoms with Crippen LogP contribution in [0.25, 0.3) is 0 Å². The first-order chi connectivity index (χ1) is 11.6. The molecule has 1 aliphatic heterocycles. The zero-order valence-electron chi connectivity index (χ0n) is 14.3. The summed E-state index contributed by atoms with van der Waals surface area (Å²) in [7, 11) is 0. The summed E-state index contributed by atoms with van der Waals surface area (Å²) in [6.45, 7) is 6.84. The van der Waals surface area contributed by atoms with Gasteiger partial charge in [0.15, 0.2) is 0 Å². The zero-order chi connectivity index (χ0) is 17.4. The van der Waals surface area contributed by atoms with Crippen molar-refractivity contribution in [1.82, 2.24) is 10.2 Å². The van der Waals surface area contributed by atoms with E-state index in [9.17, 15) is 9.59 Å². The Morgan fingerprint density at radius 2 is 2.08 bits per heavy atom. The van der Waals surface area contributed by atoms with Gasteiger partial charge in [-0.2, -0.15) is 0 Å². The highest BCUT2D eigenvalue weighted by atomic mass is 16.2. The largest absolute Gasteiger partial charge is 0.348 e. The number of carbonyl (C=O) groups excluding carboxylic acids is 2. The van der Waals surface area contributed by atoms with Crippen LogP contribution in [-0.4, -0.2) is 42.9 Å². The second-order valence-electron chi connectivity index (χ2n) is 5.86. The van der Waals surface area contributed by atoms with Crippen LogP contribution >= 0.6 is 0 Å². The number of amides is 2. The number of para-hydroxylation sites is 1. The van der Waals surface area contributed by atoms with Crippen molar-refractivity contribution in [2.24, 2.45) is 0 Å². The molecule has 2 rings (SSSR count). The topological polar surface area (TPSA) is 61.4 Å². The van der Waals surface area contributed by atoms with E-state index >= 15 is 0 Å². The lowest BCUT2D eigenvalue weighted by molar-refractivity contribution is -0.114. The van der Waals surface area contributed by atoms with Gasteiger partial charge in [0.25, 0.3) is 5.91 Å². The first-order valence-electron chi connectivity index (χ1n) is 8.26. The maximum atomic E-state index is 12.4. The molecule has 2 N–H and O–H groups in total. The highest BCUT2D eigenvalue weighted by Gasteiger charge is 2.14. The van der Waals surface area contributed by atoms with Crippen molar-refractivity contribution >= 4 is 17.5 Å². The summed E-state index contributed by atoms with van der Waals surface area (Å²) in [5.74, 6) is -0.365. The molecule has 5 nitrogen and oxygen atoms in total. The fourth-order valence-electron chi connectivity index (χ4n) is 2.69. The number of anilines is 1. The van der Waals surface area contributed by atoms with Crippen molar-refractivity contribution in [2.75, 3.05) is 31.5 Å². The van der Waals surface area contributed by atoms with Gasteiger partial charge < -0.3 is 10.6 Å². The molecule has 1 aliphatic rings. The molecule has 0 fully saturated rings. The van der Waals surface area contributed by atoms with E-state index in [2.05, 4.69) is 33.8 Å². The average molecular weight is 327 g/mol. The Labute approximate surface area is 143 Å². The van der Waals surface area contributed by atoms with E-state index in [1.165, 1.54) is 12.5 Å². The third kappa shape index (κ3) is 5.35. The van der Waals surface area contributed by atoms with Crippen molar-refractivity contribution in [1.29, 1.82) is 0 Å². The summed E-state index contributed by atoms with van der Waals surface area (Å²) >= 11 is 0. The summed E-state index contributed by atoms with van der Waals surface area (Å²) in [5.41, 5.74) is 2.24. The van der Waals surface area contributed by atoms with E-state index in [-0.39, 0.29) is 11.8 Å². The van der Waals surface area contributed by atoms with Gasteiger partial charge in [0.2, 0.25) is 5.91 Å². The van der Waals surface area contributed by atoms with Gasteiger partial charge in [-0.3, -0.25) is 14.5 Å². The van der Waals surface area contributed by atoms with E-state index in [4.69, 9.17) is 0 Å². The quantitative estimate of drug-likeness (QED) is 0.790. The van der Waals surface area contributed by atoms with Crippen molar-refractivity contribution < 1.29 is 9.59 Å². The van der Waals surface area contributed by atoms with Crippen LogP contribution < -0.4 is 10.6 Å². The summed E-state index contributed by atoms with van der Waals surface area (Å²) < 4.78 is 0. The van der Waals surface area contributed by atoms with Crippen molar-refractivity contribution in [3.63, 3.8) is 0 Å². The standard InChI is InChI=1S/C19H25N3O2/c1-3-4-11-22-12-7-8-16(14-22)13-20-19(24)17-9-5-6-10-18(17)21-15(2)23/h3-6,8-10H,7,11-14H2,1-2H3,(H,20,24)(H,21,23). The minimum absolute atomic E-state index is 0.175. The Hall–Kier alpha value is -2.40. The van der Waals surface area contributed by atoms with Gasteiger partial charge in [0.1, 0.15) is 0 Å². The van der Waals surface area contributed by atoms with Gasteiger partial charge in [0.05, 0.1) is 11.3 Å². The normalized spacial score (nSPS) is 15.2.